The first-order chi connectivity index (χ1) is 15.2. The van der Waals surface area contributed by atoms with E-state index in [1.54, 1.807) is 0 Å². The van der Waals surface area contributed by atoms with Crippen LogP contribution in [0.2, 0.25) is 0 Å². The van der Waals surface area contributed by atoms with Crippen LogP contribution < -0.4 is 9.47 Å². The second-order valence-electron chi connectivity index (χ2n) is 9.43. The van der Waals surface area contributed by atoms with Crippen LogP contribution in [-0.4, -0.2) is 12.6 Å². The van der Waals surface area contributed by atoms with E-state index in [1.807, 2.05) is 24.3 Å². The summed E-state index contributed by atoms with van der Waals surface area (Å²) in [7, 11) is 0. The molecular formula is C28H46O3. The molecule has 0 aromatic heterocycles. The highest BCUT2D eigenvalue weighted by molar-refractivity contribution is 5.75. The van der Waals surface area contributed by atoms with Gasteiger partial charge in [0.25, 0.3) is 0 Å². The van der Waals surface area contributed by atoms with Gasteiger partial charge in [0.05, 0.1) is 12.5 Å². The minimum absolute atomic E-state index is 0.0536. The van der Waals surface area contributed by atoms with Gasteiger partial charge in [0.1, 0.15) is 11.5 Å². The minimum atomic E-state index is -0.0536. The number of unbranched alkanes of at least 4 members (excludes halogenated alkanes) is 9. The molecule has 1 aliphatic rings. The molecule has 176 valence electrons. The lowest BCUT2D eigenvalue weighted by Crippen LogP contribution is -2.25. The van der Waals surface area contributed by atoms with E-state index in [4.69, 9.17) is 9.47 Å². The first kappa shape index (κ1) is 25.7. The van der Waals surface area contributed by atoms with Crippen LogP contribution in [0, 0.1) is 11.8 Å². The number of carbonyl (C=O) groups is 1. The predicted molar refractivity (Wildman–Crippen MR) is 130 cm³/mol. The van der Waals surface area contributed by atoms with Crippen LogP contribution in [0.1, 0.15) is 117 Å². The third kappa shape index (κ3) is 11.1. The SMILES string of the molecule is CCCCCCCCCCC1CCC(C(=O)Oc2ccc(OCCCCC)cc2)CC1. The van der Waals surface area contributed by atoms with Crippen molar-refractivity contribution in [3.05, 3.63) is 24.3 Å². The molecule has 3 nitrogen and oxygen atoms in total. The number of hydrogen-bond donors (Lipinski definition) is 0. The Hall–Kier alpha value is -1.51. The van der Waals surface area contributed by atoms with Crippen molar-refractivity contribution in [3.63, 3.8) is 0 Å². The van der Waals surface area contributed by atoms with E-state index in [0.717, 1.165) is 37.5 Å². The highest BCUT2D eigenvalue weighted by atomic mass is 16.5. The van der Waals surface area contributed by atoms with E-state index in [2.05, 4.69) is 13.8 Å². The monoisotopic (exact) mass is 430 g/mol. The predicted octanol–water partition coefficient (Wildman–Crippen LogP) is 8.50. The zero-order valence-corrected chi connectivity index (χ0v) is 20.2. The number of hydrogen-bond acceptors (Lipinski definition) is 3. The molecule has 1 aromatic rings. The molecule has 0 N–H and O–H groups in total. The molecule has 31 heavy (non-hydrogen) atoms. The smallest absolute Gasteiger partial charge is 0.314 e. The summed E-state index contributed by atoms with van der Waals surface area (Å²) in [5, 5.41) is 0. The van der Waals surface area contributed by atoms with Crippen molar-refractivity contribution >= 4 is 5.97 Å². The molecule has 0 unspecified atom stereocenters. The van der Waals surface area contributed by atoms with Crippen LogP contribution >= 0.6 is 0 Å². The Morgan fingerprint density at radius 2 is 1.29 bits per heavy atom. The Kier molecular flexibility index (Phi) is 13.4. The maximum absolute atomic E-state index is 12.6. The number of benzene rings is 1. The highest BCUT2D eigenvalue weighted by Gasteiger charge is 2.27. The quantitative estimate of drug-likeness (QED) is 0.150. The van der Waals surface area contributed by atoms with Crippen molar-refractivity contribution in [2.75, 3.05) is 6.61 Å². The van der Waals surface area contributed by atoms with Crippen LogP contribution in [0.4, 0.5) is 0 Å². The lowest BCUT2D eigenvalue weighted by atomic mass is 9.80. The van der Waals surface area contributed by atoms with Crippen LogP contribution in [0.5, 0.6) is 11.5 Å². The molecule has 1 aliphatic carbocycles. The van der Waals surface area contributed by atoms with Crippen molar-refractivity contribution in [2.45, 2.75) is 117 Å². The summed E-state index contributed by atoms with van der Waals surface area (Å²) in [5.74, 6) is 2.31. The molecule has 0 bridgehead atoms. The van der Waals surface area contributed by atoms with Crippen LogP contribution in [0.25, 0.3) is 0 Å². The van der Waals surface area contributed by atoms with Crippen molar-refractivity contribution in [1.29, 1.82) is 0 Å². The summed E-state index contributed by atoms with van der Waals surface area (Å²) in [6, 6.07) is 7.49. The average molecular weight is 431 g/mol. The van der Waals surface area contributed by atoms with Crippen LogP contribution in [0.3, 0.4) is 0 Å². The summed E-state index contributed by atoms with van der Waals surface area (Å²) < 4.78 is 11.4. The summed E-state index contributed by atoms with van der Waals surface area (Å²) >= 11 is 0. The van der Waals surface area contributed by atoms with Crippen LogP contribution in [0.15, 0.2) is 24.3 Å². The van der Waals surface area contributed by atoms with E-state index < -0.39 is 0 Å². The normalized spacial score (nSPS) is 18.6. The molecule has 0 spiro atoms. The zero-order chi connectivity index (χ0) is 22.2. The summed E-state index contributed by atoms with van der Waals surface area (Å²) in [6.07, 6.45) is 20.2. The molecule has 0 saturated heterocycles. The van der Waals surface area contributed by atoms with Crippen molar-refractivity contribution < 1.29 is 14.3 Å². The third-order valence-electron chi connectivity index (χ3n) is 6.70. The Morgan fingerprint density at radius 3 is 1.94 bits per heavy atom. The average Bonchev–Trinajstić information content (AvgIpc) is 2.80. The fourth-order valence-corrected chi connectivity index (χ4v) is 4.60. The summed E-state index contributed by atoms with van der Waals surface area (Å²) in [5.41, 5.74) is 0. The van der Waals surface area contributed by atoms with Gasteiger partial charge in [0.2, 0.25) is 0 Å². The molecule has 0 radical (unpaired) electrons. The van der Waals surface area contributed by atoms with E-state index in [1.165, 1.54) is 83.5 Å². The van der Waals surface area contributed by atoms with Gasteiger partial charge in [-0.2, -0.15) is 0 Å². The lowest BCUT2D eigenvalue weighted by Gasteiger charge is -2.27. The Balaban J connectivity index is 1.56. The third-order valence-corrected chi connectivity index (χ3v) is 6.70. The van der Waals surface area contributed by atoms with E-state index in [-0.39, 0.29) is 11.9 Å². The number of ether oxygens (including phenoxy) is 2. The fourth-order valence-electron chi connectivity index (χ4n) is 4.60. The molecule has 2 rings (SSSR count). The first-order valence-corrected chi connectivity index (χ1v) is 13.2. The van der Waals surface area contributed by atoms with Crippen molar-refractivity contribution in [1.82, 2.24) is 0 Å². The van der Waals surface area contributed by atoms with E-state index in [0.29, 0.717) is 5.75 Å². The topological polar surface area (TPSA) is 35.5 Å². The molecular weight excluding hydrogens is 384 g/mol. The maximum Gasteiger partial charge on any atom is 0.314 e. The van der Waals surface area contributed by atoms with E-state index in [9.17, 15) is 4.79 Å². The molecule has 0 atom stereocenters. The molecule has 1 saturated carbocycles. The number of carbonyl (C=O) groups excluding carboxylic acids is 1. The van der Waals surface area contributed by atoms with Gasteiger partial charge in [0, 0.05) is 0 Å². The maximum atomic E-state index is 12.6. The van der Waals surface area contributed by atoms with Gasteiger partial charge in [-0.3, -0.25) is 4.79 Å². The molecule has 0 amide bonds. The molecule has 1 fully saturated rings. The minimum Gasteiger partial charge on any atom is -0.494 e. The summed E-state index contributed by atoms with van der Waals surface area (Å²) in [4.78, 5) is 12.6. The van der Waals surface area contributed by atoms with Gasteiger partial charge in [0.15, 0.2) is 0 Å². The van der Waals surface area contributed by atoms with E-state index >= 15 is 0 Å². The largest absolute Gasteiger partial charge is 0.494 e. The Labute approximate surface area is 191 Å². The van der Waals surface area contributed by atoms with Crippen molar-refractivity contribution in [2.24, 2.45) is 11.8 Å². The zero-order valence-electron chi connectivity index (χ0n) is 20.2. The molecule has 0 heterocycles. The first-order valence-electron chi connectivity index (χ1n) is 13.2. The molecule has 0 aliphatic heterocycles. The fraction of sp³-hybridized carbons (Fsp3) is 0.750. The molecule has 1 aromatic carbocycles. The van der Waals surface area contributed by atoms with Gasteiger partial charge in [-0.25, -0.2) is 0 Å². The van der Waals surface area contributed by atoms with Gasteiger partial charge < -0.3 is 9.47 Å². The second kappa shape index (κ2) is 16.2. The lowest BCUT2D eigenvalue weighted by molar-refractivity contribution is -0.140. The Morgan fingerprint density at radius 1 is 0.742 bits per heavy atom. The second-order valence-corrected chi connectivity index (χ2v) is 9.43. The Bertz CT molecular complexity index is 572. The molecule has 3 heteroatoms. The van der Waals surface area contributed by atoms with Gasteiger partial charge in [-0.05, 0) is 62.3 Å². The van der Waals surface area contributed by atoms with Crippen LogP contribution in [-0.2, 0) is 4.79 Å². The van der Waals surface area contributed by atoms with Gasteiger partial charge >= 0.3 is 5.97 Å². The van der Waals surface area contributed by atoms with Gasteiger partial charge in [-0.1, -0.05) is 84.5 Å². The van der Waals surface area contributed by atoms with Crippen molar-refractivity contribution in [3.8, 4) is 11.5 Å². The number of esters is 1. The standard InChI is InChI=1S/C28H46O3/c1-3-5-7-8-9-10-11-12-14-24-15-17-25(18-16-24)28(29)31-27-21-19-26(20-22-27)30-23-13-6-4-2/h19-22,24-25H,3-18,23H2,1-2H3. The number of rotatable bonds is 16. The van der Waals surface area contributed by atoms with Gasteiger partial charge in [-0.15, -0.1) is 0 Å². The summed E-state index contributed by atoms with van der Waals surface area (Å²) in [6.45, 7) is 5.21. The highest BCUT2D eigenvalue weighted by Crippen LogP contribution is 2.33.